The molecule has 0 aromatic heterocycles. The number of allylic oxidation sites excluding steroid dienone is 1. The number of hydrogen-bond donors (Lipinski definition) is 0. The molecule has 1 aromatic carbocycles. The van der Waals surface area contributed by atoms with Crippen molar-refractivity contribution in [3.63, 3.8) is 0 Å². The van der Waals surface area contributed by atoms with Crippen molar-refractivity contribution in [2.45, 2.75) is 57.5 Å². The molecular formula is C22H26N2O4S. The molecule has 1 aliphatic rings. The molecule has 6 nitrogen and oxygen atoms in total. The van der Waals surface area contributed by atoms with E-state index in [1.807, 2.05) is 41.5 Å². The Morgan fingerprint density at radius 3 is 1.86 bits per heavy atom. The Morgan fingerprint density at radius 1 is 0.931 bits per heavy atom. The van der Waals surface area contributed by atoms with Gasteiger partial charge in [-0.2, -0.15) is 9.98 Å². The molecule has 1 aliphatic carbocycles. The highest BCUT2D eigenvalue weighted by Gasteiger charge is 2.46. The van der Waals surface area contributed by atoms with Gasteiger partial charge in [0.15, 0.2) is 0 Å². The molecule has 1 atom stereocenters. The molecule has 0 aliphatic heterocycles. The van der Waals surface area contributed by atoms with Crippen molar-refractivity contribution in [1.82, 2.24) is 0 Å². The van der Waals surface area contributed by atoms with Crippen molar-refractivity contribution in [2.75, 3.05) is 0 Å². The molecule has 1 aromatic rings. The van der Waals surface area contributed by atoms with E-state index < -0.39 is 26.8 Å². The van der Waals surface area contributed by atoms with Crippen LogP contribution in [0.15, 0.2) is 62.3 Å². The van der Waals surface area contributed by atoms with Gasteiger partial charge in [-0.1, -0.05) is 59.8 Å². The molecule has 0 amide bonds. The van der Waals surface area contributed by atoms with Gasteiger partial charge in [0, 0.05) is 5.92 Å². The number of nitrogens with zero attached hydrogens (tertiary/aromatic N) is 2. The quantitative estimate of drug-likeness (QED) is 0.544. The number of isocyanates is 2. The van der Waals surface area contributed by atoms with E-state index in [9.17, 15) is 18.0 Å². The summed E-state index contributed by atoms with van der Waals surface area (Å²) in [5.74, 6) is -0.528. The maximum Gasteiger partial charge on any atom is 0.237 e. The zero-order valence-corrected chi connectivity index (χ0v) is 18.4. The first-order valence-corrected chi connectivity index (χ1v) is 10.7. The van der Waals surface area contributed by atoms with E-state index in [0.29, 0.717) is 0 Å². The lowest BCUT2D eigenvalue weighted by atomic mass is 9.71. The molecule has 29 heavy (non-hydrogen) atoms. The summed E-state index contributed by atoms with van der Waals surface area (Å²) in [4.78, 5) is 29.7. The Hall–Kier alpha value is -2.59. The zero-order chi connectivity index (χ0) is 22.1. The maximum atomic E-state index is 13.2. The standard InChI is InChI=1S/C22H26N2O4S/c1-20(2,3)16-7-9-17(10-8-16)29(27,28)18-11-12-19(21(4,5)6)22(13-18,23-14-25)24-15-26/h7-13,19H,1-6H3. The van der Waals surface area contributed by atoms with Crippen LogP contribution in [-0.2, 0) is 24.8 Å². The highest BCUT2D eigenvalue weighted by molar-refractivity contribution is 7.95. The molecule has 0 saturated carbocycles. The van der Waals surface area contributed by atoms with Crippen molar-refractivity contribution in [3.05, 3.63) is 53.0 Å². The normalized spacial score (nSPS) is 22.3. The Kier molecular flexibility index (Phi) is 6.01. The average molecular weight is 415 g/mol. The third kappa shape index (κ3) is 4.54. The summed E-state index contributed by atoms with van der Waals surface area (Å²) in [5.41, 5.74) is -1.27. The molecule has 0 bridgehead atoms. The molecule has 0 saturated heterocycles. The van der Waals surface area contributed by atoms with Crippen molar-refractivity contribution in [2.24, 2.45) is 21.3 Å². The summed E-state index contributed by atoms with van der Waals surface area (Å²) in [6, 6.07) is 6.65. The summed E-state index contributed by atoms with van der Waals surface area (Å²) in [7, 11) is -3.91. The monoisotopic (exact) mass is 414 g/mol. The predicted octanol–water partition coefficient (Wildman–Crippen LogP) is 4.24. The average Bonchev–Trinajstić information content (AvgIpc) is 2.60. The summed E-state index contributed by atoms with van der Waals surface area (Å²) < 4.78 is 26.4. The van der Waals surface area contributed by atoms with E-state index in [1.165, 1.54) is 24.3 Å². The second kappa shape index (κ2) is 7.68. The highest BCUT2D eigenvalue weighted by atomic mass is 32.2. The van der Waals surface area contributed by atoms with Crippen molar-refractivity contribution in [3.8, 4) is 0 Å². The van der Waals surface area contributed by atoms with Gasteiger partial charge < -0.3 is 0 Å². The predicted molar refractivity (Wildman–Crippen MR) is 111 cm³/mol. The smallest absolute Gasteiger partial charge is 0.219 e. The van der Waals surface area contributed by atoms with Gasteiger partial charge in [-0.3, -0.25) is 0 Å². The highest BCUT2D eigenvalue weighted by Crippen LogP contribution is 2.44. The summed E-state index contributed by atoms with van der Waals surface area (Å²) >= 11 is 0. The van der Waals surface area contributed by atoms with Crippen LogP contribution in [0.2, 0.25) is 0 Å². The van der Waals surface area contributed by atoms with Crippen LogP contribution in [0.5, 0.6) is 0 Å². The lowest BCUT2D eigenvalue weighted by molar-refractivity contribution is 0.211. The van der Waals surface area contributed by atoms with Gasteiger partial charge in [0.25, 0.3) is 0 Å². The second-order valence-corrected chi connectivity index (χ2v) is 11.2. The van der Waals surface area contributed by atoms with E-state index in [1.54, 1.807) is 30.3 Å². The van der Waals surface area contributed by atoms with Crippen molar-refractivity contribution in [1.29, 1.82) is 0 Å². The van der Waals surface area contributed by atoms with Gasteiger partial charge >= 0.3 is 0 Å². The van der Waals surface area contributed by atoms with E-state index >= 15 is 0 Å². The van der Waals surface area contributed by atoms with E-state index in [0.717, 1.165) is 5.56 Å². The maximum absolute atomic E-state index is 13.2. The van der Waals surface area contributed by atoms with Crippen LogP contribution < -0.4 is 0 Å². The Bertz CT molecular complexity index is 1020. The van der Waals surface area contributed by atoms with Crippen LogP contribution in [0.4, 0.5) is 0 Å². The molecule has 0 N–H and O–H groups in total. The third-order valence-corrected chi connectivity index (χ3v) is 6.76. The fourth-order valence-corrected chi connectivity index (χ4v) is 4.77. The van der Waals surface area contributed by atoms with E-state index in [-0.39, 0.29) is 15.2 Å². The number of aliphatic imine (C=N–C) groups is 2. The van der Waals surface area contributed by atoms with Crippen LogP contribution in [-0.4, -0.2) is 26.2 Å². The fraction of sp³-hybridized carbons (Fsp3) is 0.455. The number of sulfone groups is 1. The van der Waals surface area contributed by atoms with Crippen LogP contribution in [0, 0.1) is 11.3 Å². The number of hydrogen-bond acceptors (Lipinski definition) is 6. The SMILES string of the molecule is CC(C)(C)c1ccc(S(=O)(=O)C2=CC(N=C=O)(N=C=O)C(C(C)(C)C)C=C2)cc1. The minimum atomic E-state index is -3.91. The van der Waals surface area contributed by atoms with Gasteiger partial charge in [-0.05, 0) is 40.7 Å². The lowest BCUT2D eigenvalue weighted by Crippen LogP contribution is -2.41. The molecule has 0 fully saturated rings. The fourth-order valence-electron chi connectivity index (χ4n) is 3.42. The summed E-state index contributed by atoms with van der Waals surface area (Å²) in [6.45, 7) is 11.8. The van der Waals surface area contributed by atoms with Crippen molar-refractivity contribution < 1.29 is 18.0 Å². The van der Waals surface area contributed by atoms with Crippen LogP contribution >= 0.6 is 0 Å². The van der Waals surface area contributed by atoms with Gasteiger partial charge in [-0.15, -0.1) is 0 Å². The Morgan fingerprint density at radius 2 is 1.45 bits per heavy atom. The van der Waals surface area contributed by atoms with Gasteiger partial charge in [0.2, 0.25) is 27.7 Å². The minimum Gasteiger partial charge on any atom is -0.219 e. The molecule has 154 valence electrons. The molecule has 1 unspecified atom stereocenters. The van der Waals surface area contributed by atoms with E-state index in [2.05, 4.69) is 9.98 Å². The van der Waals surface area contributed by atoms with Gasteiger partial charge in [-0.25, -0.2) is 18.0 Å². The first kappa shape index (κ1) is 22.7. The topological polar surface area (TPSA) is 93.0 Å². The molecule has 0 spiro atoms. The molecule has 0 heterocycles. The summed E-state index contributed by atoms with van der Waals surface area (Å²) in [5, 5.41) is 0. The van der Waals surface area contributed by atoms with Gasteiger partial charge in [0.05, 0.1) is 9.80 Å². The van der Waals surface area contributed by atoms with E-state index in [4.69, 9.17) is 0 Å². The van der Waals surface area contributed by atoms with Crippen molar-refractivity contribution >= 4 is 22.0 Å². The Labute approximate surface area is 172 Å². The molecule has 2 rings (SSSR count). The van der Waals surface area contributed by atoms with Crippen LogP contribution in [0.25, 0.3) is 0 Å². The van der Waals surface area contributed by atoms with Crippen LogP contribution in [0.1, 0.15) is 47.1 Å². The molecular weight excluding hydrogens is 388 g/mol. The lowest BCUT2D eigenvalue weighted by Gasteiger charge is -2.38. The van der Waals surface area contributed by atoms with Gasteiger partial charge in [0.1, 0.15) is 0 Å². The first-order chi connectivity index (χ1) is 13.3. The molecule has 7 heteroatoms. The first-order valence-electron chi connectivity index (χ1n) is 9.23. The largest absolute Gasteiger partial charge is 0.237 e. The van der Waals surface area contributed by atoms with Crippen LogP contribution in [0.3, 0.4) is 0 Å². The number of benzene rings is 1. The summed E-state index contributed by atoms with van der Waals surface area (Å²) in [6.07, 6.45) is 7.20. The zero-order valence-electron chi connectivity index (χ0n) is 17.6. The Balaban J connectivity index is 2.64. The number of carbonyl (C=O) groups excluding carboxylic acids is 2. The minimum absolute atomic E-state index is 0.0838. The molecule has 0 radical (unpaired) electrons. The second-order valence-electron chi connectivity index (χ2n) is 9.22. The number of rotatable bonds is 4. The third-order valence-electron chi connectivity index (χ3n) is 4.99.